The lowest BCUT2D eigenvalue weighted by Crippen LogP contribution is -2.41. The van der Waals surface area contributed by atoms with Gasteiger partial charge < -0.3 is 14.2 Å². The zero-order valence-corrected chi connectivity index (χ0v) is 33.2. The molecule has 0 spiro atoms. The molecule has 5 nitrogen and oxygen atoms in total. The Labute approximate surface area is 305 Å². The van der Waals surface area contributed by atoms with E-state index in [9.17, 15) is 0 Å². The molecule has 0 radical (unpaired) electrons. The molecular formula is C44H82N2O3. The Morgan fingerprint density at radius 3 is 1.00 bits per heavy atom. The number of unbranched alkanes of at least 4 members (excludes halogenated alkanes) is 22. The van der Waals surface area contributed by atoms with E-state index >= 15 is 0 Å². The first kappa shape index (κ1) is 43.9. The summed E-state index contributed by atoms with van der Waals surface area (Å²) in [5, 5.41) is 0. The summed E-state index contributed by atoms with van der Waals surface area (Å²) in [5.41, 5.74) is 0. The van der Waals surface area contributed by atoms with Crippen LogP contribution in [0.2, 0.25) is 0 Å². The van der Waals surface area contributed by atoms with Crippen LogP contribution in [0.5, 0.6) is 11.5 Å². The first-order valence-electron chi connectivity index (χ1n) is 21.7. The van der Waals surface area contributed by atoms with Crippen molar-refractivity contribution < 1.29 is 14.2 Å². The van der Waals surface area contributed by atoms with E-state index in [4.69, 9.17) is 14.2 Å². The van der Waals surface area contributed by atoms with Gasteiger partial charge in [0.25, 0.3) is 0 Å². The molecule has 0 aromatic heterocycles. The van der Waals surface area contributed by atoms with Gasteiger partial charge in [0.15, 0.2) is 12.5 Å². The van der Waals surface area contributed by atoms with Gasteiger partial charge in [-0.15, -0.1) is 0 Å². The number of ether oxygens (including phenoxy) is 3. The van der Waals surface area contributed by atoms with Crippen LogP contribution in [0.4, 0.5) is 0 Å². The summed E-state index contributed by atoms with van der Waals surface area (Å²) in [6, 6.07) is 8.38. The SMILES string of the molecule is CCCCCCCCCCCCCCN(CC)C1CCOCCC(N(CC)CCCCCCCCCCCCCC)Oc2ccc(cc2)O1. The molecule has 0 N–H and O–H groups in total. The van der Waals surface area contributed by atoms with E-state index in [1.807, 2.05) is 0 Å². The Morgan fingerprint density at radius 2 is 0.714 bits per heavy atom. The van der Waals surface area contributed by atoms with E-state index in [1.165, 1.54) is 154 Å². The van der Waals surface area contributed by atoms with Gasteiger partial charge in [-0.05, 0) is 50.2 Å². The minimum atomic E-state index is 0.0407. The molecule has 49 heavy (non-hydrogen) atoms. The minimum absolute atomic E-state index is 0.0407. The topological polar surface area (TPSA) is 34.2 Å². The summed E-state index contributed by atoms with van der Waals surface area (Å²) in [6.07, 6.45) is 35.1. The van der Waals surface area contributed by atoms with Gasteiger partial charge in [0, 0.05) is 25.9 Å². The number of fused-ring (bicyclic) bond motifs is 10. The molecule has 0 saturated heterocycles. The molecule has 2 aliphatic rings. The van der Waals surface area contributed by atoms with Crippen molar-refractivity contribution >= 4 is 0 Å². The number of hydrogen-bond acceptors (Lipinski definition) is 5. The van der Waals surface area contributed by atoms with E-state index in [1.54, 1.807) is 0 Å². The van der Waals surface area contributed by atoms with Crippen molar-refractivity contribution in [1.82, 2.24) is 9.80 Å². The van der Waals surface area contributed by atoms with E-state index in [0.29, 0.717) is 13.2 Å². The molecule has 286 valence electrons. The lowest BCUT2D eigenvalue weighted by molar-refractivity contribution is -0.0203. The van der Waals surface area contributed by atoms with Crippen LogP contribution in [-0.2, 0) is 4.74 Å². The van der Waals surface area contributed by atoms with E-state index in [2.05, 4.69) is 61.8 Å². The fourth-order valence-electron chi connectivity index (χ4n) is 7.34. The summed E-state index contributed by atoms with van der Waals surface area (Å²) in [5.74, 6) is 1.84. The van der Waals surface area contributed by atoms with Crippen molar-refractivity contribution in [2.24, 2.45) is 0 Å². The van der Waals surface area contributed by atoms with E-state index in [0.717, 1.165) is 50.5 Å². The number of benzene rings is 1. The summed E-state index contributed by atoms with van der Waals surface area (Å²) in [6.45, 7) is 14.7. The number of nitrogens with zero attached hydrogens (tertiary/aromatic N) is 2. The van der Waals surface area contributed by atoms with Crippen molar-refractivity contribution in [2.45, 2.75) is 207 Å². The third-order valence-corrected chi connectivity index (χ3v) is 10.6. The van der Waals surface area contributed by atoms with Crippen LogP contribution >= 0.6 is 0 Å². The predicted molar refractivity (Wildman–Crippen MR) is 212 cm³/mol. The largest absolute Gasteiger partial charge is 0.475 e. The highest BCUT2D eigenvalue weighted by Gasteiger charge is 2.22. The van der Waals surface area contributed by atoms with Gasteiger partial charge in [-0.3, -0.25) is 9.80 Å². The Morgan fingerprint density at radius 1 is 0.429 bits per heavy atom. The molecule has 2 unspecified atom stereocenters. The maximum Gasteiger partial charge on any atom is 0.154 e. The summed E-state index contributed by atoms with van der Waals surface area (Å²) in [4.78, 5) is 5.03. The van der Waals surface area contributed by atoms with Gasteiger partial charge in [0.2, 0.25) is 0 Å². The van der Waals surface area contributed by atoms with Crippen LogP contribution < -0.4 is 9.47 Å². The fraction of sp³-hybridized carbons (Fsp3) is 0.864. The first-order valence-corrected chi connectivity index (χ1v) is 21.7. The lowest BCUT2D eigenvalue weighted by Gasteiger charge is -2.31. The molecule has 0 fully saturated rings. The van der Waals surface area contributed by atoms with Crippen LogP contribution in [0.1, 0.15) is 195 Å². The van der Waals surface area contributed by atoms with Crippen molar-refractivity contribution in [2.75, 3.05) is 39.4 Å². The van der Waals surface area contributed by atoms with Gasteiger partial charge in [-0.2, -0.15) is 0 Å². The molecule has 5 heteroatoms. The van der Waals surface area contributed by atoms with Crippen molar-refractivity contribution in [1.29, 1.82) is 0 Å². The van der Waals surface area contributed by atoms with Crippen LogP contribution in [0.3, 0.4) is 0 Å². The Bertz CT molecular complexity index is 767. The molecular weight excluding hydrogens is 604 g/mol. The monoisotopic (exact) mass is 687 g/mol. The average molecular weight is 687 g/mol. The lowest BCUT2D eigenvalue weighted by atomic mass is 10.1. The Balaban J connectivity index is 1.70. The van der Waals surface area contributed by atoms with E-state index in [-0.39, 0.29) is 12.5 Å². The standard InChI is InChI=1S/C44H82N2O3/c1-5-9-11-13-15-17-19-21-23-25-27-29-37-45(7-3)43-35-39-47-40-36-44(49-42-33-31-41(48-43)32-34-42)46(8-4)38-30-28-26-24-22-20-18-16-14-12-10-6-2/h31-34,43-44H,5-30,35-40H2,1-4H3. The Kier molecular flexibility index (Phi) is 28.1. The van der Waals surface area contributed by atoms with Gasteiger partial charge in [0.05, 0.1) is 13.2 Å². The maximum atomic E-state index is 6.59. The van der Waals surface area contributed by atoms with Crippen LogP contribution in [0.15, 0.2) is 24.3 Å². The van der Waals surface area contributed by atoms with Crippen molar-refractivity contribution in [3.63, 3.8) is 0 Å². The molecule has 2 aliphatic heterocycles. The van der Waals surface area contributed by atoms with Gasteiger partial charge in [-0.1, -0.05) is 169 Å². The molecule has 2 bridgehead atoms. The smallest absolute Gasteiger partial charge is 0.154 e. The third kappa shape index (κ3) is 22.3. The van der Waals surface area contributed by atoms with Crippen LogP contribution in [0, 0.1) is 0 Å². The second-order valence-corrected chi connectivity index (χ2v) is 14.8. The predicted octanol–water partition coefficient (Wildman–Crippen LogP) is 13.0. The highest BCUT2D eigenvalue weighted by Crippen LogP contribution is 2.24. The van der Waals surface area contributed by atoms with Crippen LogP contribution in [0.25, 0.3) is 0 Å². The van der Waals surface area contributed by atoms with Gasteiger partial charge in [-0.25, -0.2) is 0 Å². The number of rotatable bonds is 30. The molecule has 0 saturated carbocycles. The molecule has 1 aromatic carbocycles. The van der Waals surface area contributed by atoms with E-state index < -0.39 is 0 Å². The highest BCUT2D eigenvalue weighted by molar-refractivity contribution is 5.31. The van der Waals surface area contributed by atoms with Gasteiger partial charge >= 0.3 is 0 Å². The molecule has 2 heterocycles. The second kappa shape index (κ2) is 31.4. The van der Waals surface area contributed by atoms with Gasteiger partial charge in [0.1, 0.15) is 11.5 Å². The zero-order valence-electron chi connectivity index (χ0n) is 33.2. The van der Waals surface area contributed by atoms with Crippen molar-refractivity contribution in [3.05, 3.63) is 24.3 Å². The fourth-order valence-corrected chi connectivity index (χ4v) is 7.34. The summed E-state index contributed by atoms with van der Waals surface area (Å²) in [7, 11) is 0. The molecule has 0 amide bonds. The molecule has 0 aliphatic carbocycles. The molecule has 2 atom stereocenters. The summed E-state index contributed by atoms with van der Waals surface area (Å²) >= 11 is 0. The quantitative estimate of drug-likeness (QED) is 0.0753. The second-order valence-electron chi connectivity index (χ2n) is 14.8. The third-order valence-electron chi connectivity index (χ3n) is 10.6. The zero-order chi connectivity index (χ0) is 35.0. The summed E-state index contributed by atoms with van der Waals surface area (Å²) < 4.78 is 19.4. The van der Waals surface area contributed by atoms with Crippen molar-refractivity contribution in [3.8, 4) is 11.5 Å². The first-order chi connectivity index (χ1) is 24.2. The molecule has 1 aromatic rings. The highest BCUT2D eigenvalue weighted by atomic mass is 16.5. The number of hydrogen-bond donors (Lipinski definition) is 0. The molecule has 3 rings (SSSR count). The van der Waals surface area contributed by atoms with Crippen LogP contribution in [-0.4, -0.2) is 61.6 Å². The normalized spacial score (nSPS) is 17.1. The Hall–Kier alpha value is -1.30. The minimum Gasteiger partial charge on any atom is -0.475 e. The maximum absolute atomic E-state index is 6.59. The average Bonchev–Trinajstić information content (AvgIpc) is 3.15.